The number of allylic oxidation sites excluding steroid dienone is 1. The van der Waals surface area contributed by atoms with E-state index in [1.165, 1.54) is 30.3 Å². The standard InChI is InChI=1S/C28H22ClN2O5PS/c1-4-36-28(32)26-24(21-16-17(2)15-19(18(21)3)9-8-14-30)25-23(13-12-22(29)27(25)37-33)31(26)38(34,35)20-10-6-5-7-11-20/h5-13,15-16H,4H2,1-3H3. The lowest BCUT2D eigenvalue weighted by Crippen LogP contribution is -2.20. The van der Waals surface area contributed by atoms with Gasteiger partial charge in [0.2, 0.25) is 0 Å². The first-order chi connectivity index (χ1) is 18.2. The minimum atomic E-state index is -4.32. The Hall–Kier alpha value is -3.76. The zero-order valence-corrected chi connectivity index (χ0v) is 23.2. The second-order valence-electron chi connectivity index (χ2n) is 8.40. The molecule has 4 rings (SSSR count). The number of fused-ring (bicyclic) bond motifs is 1. The van der Waals surface area contributed by atoms with Crippen LogP contribution in [-0.2, 0) is 19.3 Å². The number of benzene rings is 3. The average Bonchev–Trinajstić information content (AvgIpc) is 3.25. The second kappa shape index (κ2) is 10.9. The molecule has 7 nitrogen and oxygen atoms in total. The van der Waals surface area contributed by atoms with Crippen molar-refractivity contribution in [1.82, 2.24) is 3.97 Å². The maximum Gasteiger partial charge on any atom is 0.356 e. The van der Waals surface area contributed by atoms with Gasteiger partial charge in [-0.05, 0) is 73.4 Å². The summed E-state index contributed by atoms with van der Waals surface area (Å²) < 4.78 is 46.8. The SMILES string of the molecule is CCOC(=O)c1c(-c2cc(C)cc(C=CC#N)c2C)c2c(P=O)c(Cl)ccc2n1S(=O)(=O)c1ccccc1. The van der Waals surface area contributed by atoms with E-state index in [0.29, 0.717) is 16.7 Å². The van der Waals surface area contributed by atoms with Gasteiger partial charge in [-0.3, -0.25) is 4.57 Å². The number of carbonyl (C=O) groups is 1. The summed E-state index contributed by atoms with van der Waals surface area (Å²) in [5, 5.41) is 9.61. The molecular formula is C28H22ClN2O5PS. The molecule has 0 bridgehead atoms. The molecule has 3 aromatic carbocycles. The van der Waals surface area contributed by atoms with Crippen molar-refractivity contribution in [2.45, 2.75) is 25.7 Å². The molecule has 0 aliphatic heterocycles. The first kappa shape index (κ1) is 27.3. The molecule has 0 aliphatic rings. The molecule has 0 atom stereocenters. The number of hydrogen-bond donors (Lipinski definition) is 0. The summed E-state index contributed by atoms with van der Waals surface area (Å²) in [6.07, 6.45) is 2.97. The topological polar surface area (TPSA) is 106 Å². The molecule has 10 heteroatoms. The van der Waals surface area contributed by atoms with Crippen LogP contribution < -0.4 is 5.30 Å². The number of nitriles is 1. The van der Waals surface area contributed by atoms with Crippen LogP contribution in [0.5, 0.6) is 0 Å². The largest absolute Gasteiger partial charge is 0.461 e. The van der Waals surface area contributed by atoms with E-state index in [-0.39, 0.29) is 44.0 Å². The maximum atomic E-state index is 14.1. The van der Waals surface area contributed by atoms with Crippen LogP contribution in [0.15, 0.2) is 65.6 Å². The third kappa shape index (κ3) is 4.65. The normalized spacial score (nSPS) is 11.8. The number of rotatable bonds is 7. The van der Waals surface area contributed by atoms with Crippen molar-refractivity contribution in [1.29, 1.82) is 5.26 Å². The highest BCUT2D eigenvalue weighted by Crippen LogP contribution is 2.41. The van der Waals surface area contributed by atoms with Crippen molar-refractivity contribution in [3.05, 3.63) is 88.1 Å². The van der Waals surface area contributed by atoms with E-state index in [9.17, 15) is 17.8 Å². The van der Waals surface area contributed by atoms with Crippen LogP contribution in [0.1, 0.15) is 34.1 Å². The molecule has 1 heterocycles. The minimum Gasteiger partial charge on any atom is -0.461 e. The third-order valence-electron chi connectivity index (χ3n) is 6.06. The van der Waals surface area contributed by atoms with Gasteiger partial charge < -0.3 is 4.74 Å². The fraction of sp³-hybridized carbons (Fsp3) is 0.143. The predicted molar refractivity (Wildman–Crippen MR) is 149 cm³/mol. The Bertz CT molecular complexity index is 1770. The number of hydrogen-bond acceptors (Lipinski definition) is 6. The van der Waals surface area contributed by atoms with Crippen LogP contribution in [0, 0.1) is 25.2 Å². The van der Waals surface area contributed by atoms with Crippen LogP contribution in [0.3, 0.4) is 0 Å². The number of esters is 1. The number of nitrogens with zero attached hydrogens (tertiary/aromatic N) is 2. The van der Waals surface area contributed by atoms with Crippen molar-refractivity contribution in [3.8, 4) is 17.2 Å². The highest BCUT2D eigenvalue weighted by molar-refractivity contribution is 7.90. The highest BCUT2D eigenvalue weighted by Gasteiger charge is 2.34. The summed E-state index contributed by atoms with van der Waals surface area (Å²) in [5.41, 5.74) is 2.82. The third-order valence-corrected chi connectivity index (χ3v) is 8.88. The quantitative estimate of drug-likeness (QED) is 0.145. The number of ether oxygens (including phenoxy) is 1. The Kier molecular flexibility index (Phi) is 7.84. The summed E-state index contributed by atoms with van der Waals surface area (Å²) in [6.45, 7) is 5.27. The molecular weight excluding hydrogens is 543 g/mol. The fourth-order valence-electron chi connectivity index (χ4n) is 4.44. The van der Waals surface area contributed by atoms with E-state index in [4.69, 9.17) is 21.6 Å². The van der Waals surface area contributed by atoms with Crippen LogP contribution in [0.4, 0.5) is 0 Å². The van der Waals surface area contributed by atoms with E-state index in [2.05, 4.69) is 0 Å². The van der Waals surface area contributed by atoms with Crippen molar-refractivity contribution in [2.24, 2.45) is 0 Å². The van der Waals surface area contributed by atoms with Crippen molar-refractivity contribution in [3.63, 3.8) is 0 Å². The zero-order valence-electron chi connectivity index (χ0n) is 20.7. The molecule has 0 spiro atoms. The van der Waals surface area contributed by atoms with Gasteiger partial charge >= 0.3 is 5.97 Å². The zero-order chi connectivity index (χ0) is 27.6. The molecule has 38 heavy (non-hydrogen) atoms. The molecule has 0 saturated heterocycles. The average molecular weight is 565 g/mol. The molecule has 4 aromatic rings. The van der Waals surface area contributed by atoms with Gasteiger partial charge in [0.05, 0.1) is 33.4 Å². The van der Waals surface area contributed by atoms with Crippen molar-refractivity contribution < 1.29 is 22.5 Å². The summed E-state index contributed by atoms with van der Waals surface area (Å²) in [4.78, 5) is 13.5. The predicted octanol–water partition coefficient (Wildman–Crippen LogP) is 6.45. The van der Waals surface area contributed by atoms with Crippen LogP contribution in [-0.4, -0.2) is 25.0 Å². The second-order valence-corrected chi connectivity index (χ2v) is 11.2. The molecule has 0 N–H and O–H groups in total. The Morgan fingerprint density at radius 2 is 1.87 bits per heavy atom. The fourth-order valence-corrected chi connectivity index (χ4v) is 6.71. The summed E-state index contributed by atoms with van der Waals surface area (Å²) in [7, 11) is -4.78. The summed E-state index contributed by atoms with van der Waals surface area (Å²) in [5.74, 6) is -0.863. The Labute approximate surface area is 227 Å². The first-order valence-corrected chi connectivity index (χ1v) is 14.2. The van der Waals surface area contributed by atoms with Gasteiger partial charge in [0.25, 0.3) is 10.0 Å². The van der Waals surface area contributed by atoms with E-state index < -0.39 is 24.5 Å². The van der Waals surface area contributed by atoms with Crippen molar-refractivity contribution in [2.75, 3.05) is 6.61 Å². The van der Waals surface area contributed by atoms with Gasteiger partial charge in [-0.1, -0.05) is 41.9 Å². The molecule has 0 unspecified atom stereocenters. The van der Waals surface area contributed by atoms with Gasteiger partial charge in [0.15, 0.2) is 14.2 Å². The number of carbonyl (C=O) groups excluding carboxylic acids is 1. The number of aromatic nitrogens is 1. The molecule has 0 aliphatic carbocycles. The highest BCUT2D eigenvalue weighted by atomic mass is 35.5. The van der Waals surface area contributed by atoms with Gasteiger partial charge in [-0.15, -0.1) is 0 Å². The van der Waals surface area contributed by atoms with E-state index in [1.54, 1.807) is 38.1 Å². The van der Waals surface area contributed by atoms with E-state index in [0.717, 1.165) is 9.54 Å². The molecule has 192 valence electrons. The molecule has 0 radical (unpaired) electrons. The smallest absolute Gasteiger partial charge is 0.356 e. The minimum absolute atomic E-state index is 0.00155. The molecule has 0 fully saturated rings. The van der Waals surface area contributed by atoms with E-state index >= 15 is 0 Å². The lowest BCUT2D eigenvalue weighted by molar-refractivity contribution is 0.0519. The maximum absolute atomic E-state index is 14.1. The van der Waals surface area contributed by atoms with E-state index in [1.807, 2.05) is 25.1 Å². The molecule has 0 saturated carbocycles. The Morgan fingerprint density at radius 1 is 1.16 bits per heavy atom. The number of aryl methyl sites for hydroxylation is 1. The van der Waals surface area contributed by atoms with Gasteiger partial charge in [-0.25, -0.2) is 17.2 Å². The summed E-state index contributed by atoms with van der Waals surface area (Å²) >= 11 is 6.44. The van der Waals surface area contributed by atoms with Crippen LogP contribution in [0.25, 0.3) is 28.1 Å². The van der Waals surface area contributed by atoms with Gasteiger partial charge in [0, 0.05) is 17.0 Å². The van der Waals surface area contributed by atoms with Crippen molar-refractivity contribution >= 4 is 58.3 Å². The lowest BCUT2D eigenvalue weighted by atomic mass is 9.92. The first-order valence-electron chi connectivity index (χ1n) is 11.5. The molecule has 1 aromatic heterocycles. The monoisotopic (exact) mass is 564 g/mol. The van der Waals surface area contributed by atoms with Crippen LogP contribution in [0.2, 0.25) is 5.02 Å². The molecule has 0 amide bonds. The summed E-state index contributed by atoms with van der Waals surface area (Å²) in [6, 6.07) is 16.3. The van der Waals surface area contributed by atoms with Gasteiger partial charge in [-0.2, -0.15) is 5.26 Å². The lowest BCUT2D eigenvalue weighted by Gasteiger charge is -2.15. The Morgan fingerprint density at radius 3 is 2.50 bits per heavy atom. The number of halogens is 1. The Balaban J connectivity index is 2.30. The van der Waals surface area contributed by atoms with Crippen LogP contribution >= 0.6 is 20.1 Å². The van der Waals surface area contributed by atoms with Gasteiger partial charge in [0.1, 0.15) is 0 Å².